The molecule has 1 aromatic heterocycles. The monoisotopic (exact) mass is 390 g/mol. The van der Waals surface area contributed by atoms with E-state index < -0.39 is 0 Å². The smallest absolute Gasteiger partial charge is 0.224 e. The number of likely N-dealkylation sites (tertiary alicyclic amines) is 1. The number of benzene rings is 2. The number of rotatable bonds is 4. The molecular weight excluding hydrogens is 364 g/mol. The summed E-state index contributed by atoms with van der Waals surface area (Å²) in [7, 11) is 0. The average Bonchev–Trinajstić information content (AvgIpc) is 3.22. The van der Waals surface area contributed by atoms with Gasteiger partial charge < -0.3 is 10.2 Å². The highest BCUT2D eigenvalue weighted by molar-refractivity contribution is 7.17. The molecule has 1 fully saturated rings. The van der Waals surface area contributed by atoms with Crippen LogP contribution in [0.3, 0.4) is 0 Å². The molecule has 0 atom stereocenters. The second kappa shape index (κ2) is 7.69. The van der Waals surface area contributed by atoms with E-state index in [-0.39, 0.29) is 5.91 Å². The second-order valence-electron chi connectivity index (χ2n) is 8.05. The molecule has 2 aromatic carbocycles. The molecule has 1 amide bonds. The van der Waals surface area contributed by atoms with Gasteiger partial charge in [-0.15, -0.1) is 11.3 Å². The number of aryl methyl sites for hydroxylation is 1. The summed E-state index contributed by atoms with van der Waals surface area (Å²) < 4.78 is 1.41. The van der Waals surface area contributed by atoms with E-state index in [1.165, 1.54) is 34.1 Å². The Morgan fingerprint density at radius 3 is 2.79 bits per heavy atom. The van der Waals surface area contributed by atoms with E-state index in [1.54, 1.807) is 5.56 Å². The Labute approximate surface area is 170 Å². The molecule has 28 heavy (non-hydrogen) atoms. The van der Waals surface area contributed by atoms with Gasteiger partial charge in [-0.2, -0.15) is 0 Å². The van der Waals surface area contributed by atoms with Crippen LogP contribution in [0, 0.1) is 0 Å². The Bertz CT molecular complexity index is 1000. The number of hydrogen-bond acceptors (Lipinski definition) is 3. The van der Waals surface area contributed by atoms with E-state index in [0.29, 0.717) is 12.3 Å². The topological polar surface area (TPSA) is 32.3 Å². The zero-order valence-corrected chi connectivity index (χ0v) is 16.9. The van der Waals surface area contributed by atoms with Crippen LogP contribution in [0.1, 0.15) is 41.9 Å². The summed E-state index contributed by atoms with van der Waals surface area (Å²) in [5, 5.41) is 6.77. The van der Waals surface area contributed by atoms with Gasteiger partial charge in [0.15, 0.2) is 0 Å². The molecule has 3 aromatic rings. The van der Waals surface area contributed by atoms with Crippen LogP contribution in [0.25, 0.3) is 10.1 Å². The van der Waals surface area contributed by atoms with Crippen molar-refractivity contribution < 1.29 is 4.79 Å². The lowest BCUT2D eigenvalue weighted by Crippen LogP contribution is -2.34. The summed E-state index contributed by atoms with van der Waals surface area (Å²) in [5.41, 5.74) is 5.20. The number of fused-ring (bicyclic) bond motifs is 2. The van der Waals surface area contributed by atoms with Crippen molar-refractivity contribution in [2.75, 3.05) is 25.0 Å². The predicted molar refractivity (Wildman–Crippen MR) is 117 cm³/mol. The summed E-state index contributed by atoms with van der Waals surface area (Å²) in [6, 6.07) is 15.5. The third-order valence-electron chi connectivity index (χ3n) is 6.38. The Balaban J connectivity index is 1.22. The largest absolute Gasteiger partial charge is 0.326 e. The zero-order chi connectivity index (χ0) is 18.9. The summed E-state index contributed by atoms with van der Waals surface area (Å²) in [5.74, 6) is 0.835. The quantitative estimate of drug-likeness (QED) is 0.663. The van der Waals surface area contributed by atoms with Crippen molar-refractivity contribution in [2.45, 2.75) is 38.0 Å². The number of carbonyl (C=O) groups is 1. The van der Waals surface area contributed by atoms with Gasteiger partial charge in [-0.3, -0.25) is 4.79 Å². The van der Waals surface area contributed by atoms with E-state index >= 15 is 0 Å². The van der Waals surface area contributed by atoms with Crippen LogP contribution in [-0.2, 0) is 17.6 Å². The van der Waals surface area contributed by atoms with Crippen molar-refractivity contribution in [3.63, 3.8) is 0 Å². The molecule has 0 spiro atoms. The molecular formula is C24H26N2OS. The SMILES string of the molecule is O=C1CCc2cccc(CCN3CCC(c4cccc5sccc45)CC3)c2N1. The Morgan fingerprint density at radius 2 is 1.89 bits per heavy atom. The summed E-state index contributed by atoms with van der Waals surface area (Å²) in [6.07, 6.45) is 4.96. The number of nitrogens with zero attached hydrogens (tertiary/aromatic N) is 1. The molecule has 1 saturated heterocycles. The highest BCUT2D eigenvalue weighted by Crippen LogP contribution is 2.35. The minimum absolute atomic E-state index is 0.156. The number of thiophene rings is 1. The first-order valence-corrected chi connectivity index (χ1v) is 11.2. The van der Waals surface area contributed by atoms with Crippen molar-refractivity contribution in [2.24, 2.45) is 0 Å². The third kappa shape index (κ3) is 3.47. The van der Waals surface area contributed by atoms with E-state index in [4.69, 9.17) is 0 Å². The maximum absolute atomic E-state index is 11.8. The van der Waals surface area contributed by atoms with Crippen LogP contribution in [0.2, 0.25) is 0 Å². The van der Waals surface area contributed by atoms with Gasteiger partial charge in [0.2, 0.25) is 5.91 Å². The number of piperidine rings is 1. The zero-order valence-electron chi connectivity index (χ0n) is 16.1. The van der Waals surface area contributed by atoms with Gasteiger partial charge in [0, 0.05) is 23.4 Å². The maximum atomic E-state index is 11.8. The standard InChI is InChI=1S/C24H26N2OS/c27-23-8-7-18-3-1-4-19(24(18)25-23)11-15-26-13-9-17(10-14-26)20-5-2-6-22-21(20)12-16-28-22/h1-6,12,16-17H,7-11,13-15H2,(H,25,27). The first-order chi connectivity index (χ1) is 13.8. The predicted octanol–water partition coefficient (Wildman–Crippen LogP) is 5.21. The number of anilines is 1. The molecule has 0 aliphatic carbocycles. The molecule has 4 heteroatoms. The van der Waals surface area contributed by atoms with Crippen molar-refractivity contribution in [3.05, 3.63) is 64.5 Å². The first kappa shape index (κ1) is 17.9. The highest BCUT2D eigenvalue weighted by Gasteiger charge is 2.23. The Kier molecular flexibility index (Phi) is 4.91. The van der Waals surface area contributed by atoms with Gasteiger partial charge in [-0.1, -0.05) is 30.3 Å². The van der Waals surface area contributed by atoms with Gasteiger partial charge in [0.05, 0.1) is 0 Å². The molecule has 3 nitrogen and oxygen atoms in total. The van der Waals surface area contributed by atoms with Crippen molar-refractivity contribution in [3.8, 4) is 0 Å². The normalized spacial score (nSPS) is 18.2. The van der Waals surface area contributed by atoms with E-state index in [0.717, 1.165) is 38.2 Å². The lowest BCUT2D eigenvalue weighted by molar-refractivity contribution is -0.116. The van der Waals surface area contributed by atoms with Crippen molar-refractivity contribution in [1.29, 1.82) is 0 Å². The third-order valence-corrected chi connectivity index (χ3v) is 7.26. The fourth-order valence-corrected chi connectivity index (χ4v) is 5.62. The Morgan fingerprint density at radius 1 is 1.04 bits per heavy atom. The lowest BCUT2D eigenvalue weighted by atomic mass is 9.87. The minimum Gasteiger partial charge on any atom is -0.326 e. The molecule has 5 rings (SSSR count). The fourth-order valence-electron chi connectivity index (χ4n) is 4.80. The van der Waals surface area contributed by atoms with Crippen molar-refractivity contribution >= 4 is 33.0 Å². The van der Waals surface area contributed by atoms with Gasteiger partial charge in [-0.05, 0) is 84.3 Å². The van der Waals surface area contributed by atoms with Crippen molar-refractivity contribution in [1.82, 2.24) is 4.90 Å². The van der Waals surface area contributed by atoms with Crippen LogP contribution >= 0.6 is 11.3 Å². The summed E-state index contributed by atoms with van der Waals surface area (Å²) >= 11 is 1.84. The number of nitrogens with one attached hydrogen (secondary N) is 1. The maximum Gasteiger partial charge on any atom is 0.224 e. The molecule has 2 aliphatic heterocycles. The molecule has 0 radical (unpaired) electrons. The average molecular weight is 391 g/mol. The number of hydrogen-bond donors (Lipinski definition) is 1. The van der Waals surface area contributed by atoms with E-state index in [9.17, 15) is 4.79 Å². The van der Waals surface area contributed by atoms with Gasteiger partial charge in [-0.25, -0.2) is 0 Å². The fraction of sp³-hybridized carbons (Fsp3) is 0.375. The number of carbonyl (C=O) groups excluding carboxylic acids is 1. The molecule has 3 heterocycles. The first-order valence-electron chi connectivity index (χ1n) is 10.4. The van der Waals surface area contributed by atoms with Gasteiger partial charge in [0.1, 0.15) is 0 Å². The van der Waals surface area contributed by atoms with E-state index in [2.05, 4.69) is 58.1 Å². The van der Waals surface area contributed by atoms with E-state index in [1.807, 2.05) is 11.3 Å². The molecule has 2 aliphatic rings. The van der Waals surface area contributed by atoms with Crippen LogP contribution in [0.15, 0.2) is 47.8 Å². The van der Waals surface area contributed by atoms with Crippen LogP contribution < -0.4 is 5.32 Å². The highest BCUT2D eigenvalue weighted by atomic mass is 32.1. The van der Waals surface area contributed by atoms with Crippen LogP contribution in [0.4, 0.5) is 5.69 Å². The Hall–Kier alpha value is -2.17. The molecule has 0 unspecified atom stereocenters. The minimum atomic E-state index is 0.156. The van der Waals surface area contributed by atoms with Gasteiger partial charge >= 0.3 is 0 Å². The second-order valence-corrected chi connectivity index (χ2v) is 8.99. The molecule has 144 valence electrons. The summed E-state index contributed by atoms with van der Waals surface area (Å²) in [6.45, 7) is 3.39. The molecule has 0 bridgehead atoms. The summed E-state index contributed by atoms with van der Waals surface area (Å²) in [4.78, 5) is 14.4. The van der Waals surface area contributed by atoms with Gasteiger partial charge in [0.25, 0.3) is 0 Å². The lowest BCUT2D eigenvalue weighted by Gasteiger charge is -2.33. The number of para-hydroxylation sites is 1. The molecule has 1 N–H and O–H groups in total. The molecule has 0 saturated carbocycles. The van der Waals surface area contributed by atoms with Crippen LogP contribution in [-0.4, -0.2) is 30.4 Å². The van der Waals surface area contributed by atoms with Crippen LogP contribution in [0.5, 0.6) is 0 Å². The number of amides is 1.